The van der Waals surface area contributed by atoms with E-state index in [9.17, 15) is 4.79 Å². The van der Waals surface area contributed by atoms with Gasteiger partial charge in [0, 0.05) is 5.56 Å². The molecule has 21 heavy (non-hydrogen) atoms. The number of rotatable bonds is 6. The molecule has 0 saturated heterocycles. The number of aromatic nitrogens is 4. The highest BCUT2D eigenvalue weighted by atomic mass is 16.5. The van der Waals surface area contributed by atoms with E-state index in [1.54, 1.807) is 17.2 Å². The zero-order chi connectivity index (χ0) is 15.4. The average molecular weight is 291 g/mol. The quantitative estimate of drug-likeness (QED) is 0.866. The molecule has 1 unspecified atom stereocenters. The smallest absolute Gasteiger partial charge is 0.224 e. The fourth-order valence-corrected chi connectivity index (χ4v) is 2.11. The highest BCUT2D eigenvalue weighted by Gasteiger charge is 2.20. The molecule has 1 atom stereocenters. The predicted molar refractivity (Wildman–Crippen MR) is 76.5 cm³/mol. The Kier molecular flexibility index (Phi) is 4.72. The first-order chi connectivity index (χ1) is 9.97. The van der Waals surface area contributed by atoms with Gasteiger partial charge in [0.05, 0.1) is 37.1 Å². The Labute approximate surface area is 123 Å². The van der Waals surface area contributed by atoms with Crippen LogP contribution in [0.3, 0.4) is 0 Å². The molecule has 0 spiro atoms. The molecule has 0 bridgehead atoms. The van der Waals surface area contributed by atoms with E-state index in [4.69, 9.17) is 4.52 Å². The Morgan fingerprint density at radius 3 is 2.52 bits per heavy atom. The van der Waals surface area contributed by atoms with Crippen molar-refractivity contribution in [2.24, 2.45) is 5.92 Å². The summed E-state index contributed by atoms with van der Waals surface area (Å²) in [5, 5.41) is 15.1. The van der Waals surface area contributed by atoms with Gasteiger partial charge in [-0.1, -0.05) is 19.0 Å². The van der Waals surface area contributed by atoms with Crippen LogP contribution in [0.4, 0.5) is 0 Å². The van der Waals surface area contributed by atoms with Crippen molar-refractivity contribution in [3.05, 3.63) is 29.4 Å². The van der Waals surface area contributed by atoms with Gasteiger partial charge in [0.2, 0.25) is 5.91 Å². The molecule has 114 valence electrons. The lowest BCUT2D eigenvalue weighted by atomic mass is 10.0. The van der Waals surface area contributed by atoms with Gasteiger partial charge >= 0.3 is 0 Å². The molecule has 0 fully saturated rings. The Hall–Kier alpha value is -2.18. The fourth-order valence-electron chi connectivity index (χ4n) is 2.11. The third kappa shape index (κ3) is 3.90. The minimum absolute atomic E-state index is 0.0228. The van der Waals surface area contributed by atoms with E-state index in [0.29, 0.717) is 12.3 Å². The predicted octanol–water partition coefficient (Wildman–Crippen LogP) is 1.27. The van der Waals surface area contributed by atoms with Gasteiger partial charge in [-0.3, -0.25) is 4.79 Å². The van der Waals surface area contributed by atoms with Gasteiger partial charge in [0.1, 0.15) is 5.76 Å². The van der Waals surface area contributed by atoms with Gasteiger partial charge in [0.25, 0.3) is 0 Å². The molecule has 7 heteroatoms. The lowest BCUT2D eigenvalue weighted by Gasteiger charge is -2.21. The molecule has 7 nitrogen and oxygen atoms in total. The van der Waals surface area contributed by atoms with E-state index in [2.05, 4.69) is 34.5 Å². The van der Waals surface area contributed by atoms with E-state index in [0.717, 1.165) is 11.3 Å². The van der Waals surface area contributed by atoms with E-state index < -0.39 is 0 Å². The molecule has 0 radical (unpaired) electrons. The first-order valence-corrected chi connectivity index (χ1v) is 7.02. The van der Waals surface area contributed by atoms with Crippen LogP contribution in [0.15, 0.2) is 16.9 Å². The second-order valence-corrected chi connectivity index (χ2v) is 5.48. The molecule has 2 aromatic rings. The van der Waals surface area contributed by atoms with Crippen LogP contribution < -0.4 is 5.32 Å². The second kappa shape index (κ2) is 6.51. The second-order valence-electron chi connectivity index (χ2n) is 5.48. The van der Waals surface area contributed by atoms with Crippen molar-refractivity contribution >= 4 is 5.91 Å². The molecule has 0 saturated carbocycles. The minimum atomic E-state index is -0.0461. The van der Waals surface area contributed by atoms with Crippen molar-refractivity contribution in [2.75, 3.05) is 0 Å². The summed E-state index contributed by atoms with van der Waals surface area (Å²) >= 11 is 0. The molecule has 0 aliphatic carbocycles. The van der Waals surface area contributed by atoms with E-state index in [1.807, 2.05) is 13.8 Å². The van der Waals surface area contributed by atoms with Gasteiger partial charge in [-0.05, 0) is 19.8 Å². The van der Waals surface area contributed by atoms with Crippen LogP contribution in [0.5, 0.6) is 0 Å². The van der Waals surface area contributed by atoms with Crippen LogP contribution in [0.2, 0.25) is 0 Å². The van der Waals surface area contributed by atoms with Gasteiger partial charge in [-0.25, -0.2) is 0 Å². The Balaban J connectivity index is 1.98. The Morgan fingerprint density at radius 2 is 2.00 bits per heavy atom. The molecule has 0 aliphatic rings. The summed E-state index contributed by atoms with van der Waals surface area (Å²) in [6.45, 7) is 8.33. The van der Waals surface area contributed by atoms with Gasteiger partial charge in [-0.15, -0.1) is 0 Å². The largest absolute Gasteiger partial charge is 0.361 e. The van der Waals surface area contributed by atoms with Crippen molar-refractivity contribution in [3.8, 4) is 0 Å². The van der Waals surface area contributed by atoms with Gasteiger partial charge in [0.15, 0.2) is 0 Å². The van der Waals surface area contributed by atoms with Crippen LogP contribution in [-0.2, 0) is 17.8 Å². The van der Waals surface area contributed by atoms with Crippen molar-refractivity contribution in [3.63, 3.8) is 0 Å². The van der Waals surface area contributed by atoms with E-state index in [-0.39, 0.29) is 24.3 Å². The van der Waals surface area contributed by atoms with Crippen molar-refractivity contribution in [1.29, 1.82) is 0 Å². The molecular weight excluding hydrogens is 270 g/mol. The van der Waals surface area contributed by atoms with Crippen LogP contribution in [0.1, 0.15) is 30.9 Å². The van der Waals surface area contributed by atoms with Crippen molar-refractivity contribution in [1.82, 2.24) is 25.5 Å². The zero-order valence-corrected chi connectivity index (χ0v) is 12.8. The molecule has 0 aliphatic heterocycles. The molecule has 1 amide bonds. The molecule has 2 heterocycles. The van der Waals surface area contributed by atoms with Crippen LogP contribution in [-0.4, -0.2) is 32.1 Å². The lowest BCUT2D eigenvalue weighted by Crippen LogP contribution is -2.42. The highest BCUT2D eigenvalue weighted by Crippen LogP contribution is 2.13. The third-order valence-corrected chi connectivity index (χ3v) is 3.50. The summed E-state index contributed by atoms with van der Waals surface area (Å²) in [6, 6.07) is -0.0228. The van der Waals surface area contributed by atoms with Crippen LogP contribution in [0.25, 0.3) is 0 Å². The van der Waals surface area contributed by atoms with E-state index in [1.165, 1.54) is 0 Å². The maximum atomic E-state index is 12.2. The topological polar surface area (TPSA) is 85.8 Å². The maximum absolute atomic E-state index is 12.2. The summed E-state index contributed by atoms with van der Waals surface area (Å²) in [4.78, 5) is 13.8. The summed E-state index contributed by atoms with van der Waals surface area (Å²) < 4.78 is 5.08. The number of nitrogens with one attached hydrogen (secondary N) is 1. The summed E-state index contributed by atoms with van der Waals surface area (Å²) in [5.74, 6) is 0.928. The van der Waals surface area contributed by atoms with Crippen molar-refractivity contribution in [2.45, 2.75) is 46.7 Å². The number of hydrogen-bond donors (Lipinski definition) is 1. The molecular formula is C14H21N5O2. The monoisotopic (exact) mass is 291 g/mol. The molecule has 2 rings (SSSR count). The first-order valence-electron chi connectivity index (χ1n) is 7.02. The fraction of sp³-hybridized carbons (Fsp3) is 0.571. The number of aryl methyl sites for hydroxylation is 2. The molecule has 1 N–H and O–H groups in total. The Bertz CT molecular complexity index is 569. The van der Waals surface area contributed by atoms with Gasteiger partial charge < -0.3 is 9.84 Å². The maximum Gasteiger partial charge on any atom is 0.224 e. The zero-order valence-electron chi connectivity index (χ0n) is 12.8. The SMILES string of the molecule is Cc1noc(C)c1CC(=O)NC(Cn1nccn1)C(C)C. The molecule has 2 aromatic heterocycles. The highest BCUT2D eigenvalue weighted by molar-refractivity contribution is 5.79. The summed E-state index contributed by atoms with van der Waals surface area (Å²) in [5.41, 5.74) is 1.62. The number of carbonyl (C=O) groups is 1. The lowest BCUT2D eigenvalue weighted by molar-refractivity contribution is -0.121. The summed E-state index contributed by atoms with van der Waals surface area (Å²) in [6.07, 6.45) is 3.53. The average Bonchev–Trinajstić information content (AvgIpc) is 3.03. The Morgan fingerprint density at radius 1 is 1.33 bits per heavy atom. The van der Waals surface area contributed by atoms with Gasteiger partial charge in [-0.2, -0.15) is 15.0 Å². The molecule has 0 aromatic carbocycles. The minimum Gasteiger partial charge on any atom is -0.361 e. The van der Waals surface area contributed by atoms with Crippen LogP contribution >= 0.6 is 0 Å². The normalized spacial score (nSPS) is 12.6. The number of hydrogen-bond acceptors (Lipinski definition) is 5. The van der Waals surface area contributed by atoms with E-state index >= 15 is 0 Å². The third-order valence-electron chi connectivity index (χ3n) is 3.50. The van der Waals surface area contributed by atoms with Crippen molar-refractivity contribution < 1.29 is 9.32 Å². The number of carbonyl (C=O) groups excluding carboxylic acids is 1. The van der Waals surface area contributed by atoms with Crippen LogP contribution in [0, 0.1) is 19.8 Å². The standard InChI is InChI=1S/C14H21N5O2/c1-9(2)13(8-19-15-5-6-16-19)17-14(20)7-12-10(3)18-21-11(12)4/h5-6,9,13H,7-8H2,1-4H3,(H,17,20). The number of nitrogens with zero attached hydrogens (tertiary/aromatic N) is 4. The first kappa shape index (κ1) is 15.2. The summed E-state index contributed by atoms with van der Waals surface area (Å²) in [7, 11) is 0. The number of amides is 1.